The zero-order valence-electron chi connectivity index (χ0n) is 14.6. The lowest BCUT2D eigenvalue weighted by atomic mass is 9.98. The Hall–Kier alpha value is -3.46. The molecule has 0 aromatic heterocycles. The Bertz CT molecular complexity index is 863. The number of rotatable bonds is 6. The lowest BCUT2D eigenvalue weighted by molar-refractivity contribution is -0.384. The minimum atomic E-state index is -0.526. The first kappa shape index (κ1) is 18.9. The molecule has 1 atom stereocenters. The van der Waals surface area contributed by atoms with E-state index in [2.05, 4.69) is 19.2 Å². The molecule has 0 aliphatic rings. The lowest BCUT2D eigenvalue weighted by Crippen LogP contribution is -2.13. The Balaban J connectivity index is 2.13. The zero-order chi connectivity index (χ0) is 19.1. The summed E-state index contributed by atoms with van der Waals surface area (Å²) in [6, 6.07) is 15.0. The standard InChI is InChI=1S/C20H19N3O3/c1-3-14(2)16-6-8-18(9-7-16)22-20(24)17(13-21)12-15-4-10-19(11-5-15)23(25)26/h4-12,14H,3H2,1-2H3,(H,22,24)/b17-12+/t14-/m1/s1. The summed E-state index contributed by atoms with van der Waals surface area (Å²) in [5.41, 5.74) is 2.20. The van der Waals surface area contributed by atoms with Crippen LogP contribution < -0.4 is 5.32 Å². The molecule has 2 rings (SSSR count). The van der Waals surface area contributed by atoms with Crippen molar-refractivity contribution < 1.29 is 9.72 Å². The van der Waals surface area contributed by atoms with Crippen LogP contribution in [-0.2, 0) is 4.79 Å². The zero-order valence-corrected chi connectivity index (χ0v) is 14.6. The Morgan fingerprint density at radius 3 is 2.35 bits per heavy atom. The van der Waals surface area contributed by atoms with Gasteiger partial charge in [-0.05, 0) is 53.8 Å². The Morgan fingerprint density at radius 1 is 1.23 bits per heavy atom. The number of anilines is 1. The number of nitro benzene ring substituents is 1. The second-order valence-corrected chi connectivity index (χ2v) is 5.90. The molecule has 0 spiro atoms. The highest BCUT2D eigenvalue weighted by atomic mass is 16.6. The molecule has 26 heavy (non-hydrogen) atoms. The molecular weight excluding hydrogens is 330 g/mol. The summed E-state index contributed by atoms with van der Waals surface area (Å²) < 4.78 is 0. The molecular formula is C20H19N3O3. The van der Waals surface area contributed by atoms with Crippen LogP contribution in [0.2, 0.25) is 0 Å². The number of nitriles is 1. The van der Waals surface area contributed by atoms with Gasteiger partial charge in [0.25, 0.3) is 11.6 Å². The number of nitrogens with one attached hydrogen (secondary N) is 1. The van der Waals surface area contributed by atoms with Gasteiger partial charge in [-0.3, -0.25) is 14.9 Å². The van der Waals surface area contributed by atoms with Crippen molar-refractivity contribution in [3.8, 4) is 6.07 Å². The quantitative estimate of drug-likeness (QED) is 0.355. The van der Waals surface area contributed by atoms with E-state index in [1.165, 1.54) is 35.9 Å². The number of amides is 1. The summed E-state index contributed by atoms with van der Waals surface area (Å²) in [5, 5.41) is 22.6. The number of nitrogens with zero attached hydrogens (tertiary/aromatic N) is 2. The van der Waals surface area contributed by atoms with E-state index >= 15 is 0 Å². The van der Waals surface area contributed by atoms with Crippen molar-refractivity contribution >= 4 is 23.4 Å². The Morgan fingerprint density at radius 2 is 1.85 bits per heavy atom. The first-order valence-electron chi connectivity index (χ1n) is 8.22. The molecule has 6 heteroatoms. The van der Waals surface area contributed by atoms with Crippen LogP contribution in [-0.4, -0.2) is 10.8 Å². The van der Waals surface area contributed by atoms with Crippen molar-refractivity contribution in [3.05, 3.63) is 75.3 Å². The van der Waals surface area contributed by atoms with E-state index < -0.39 is 10.8 Å². The topological polar surface area (TPSA) is 96.0 Å². The summed E-state index contributed by atoms with van der Waals surface area (Å²) in [6.07, 6.45) is 2.43. The van der Waals surface area contributed by atoms with Crippen molar-refractivity contribution in [3.63, 3.8) is 0 Å². The van der Waals surface area contributed by atoms with Gasteiger partial charge in [0.15, 0.2) is 0 Å². The number of nitro groups is 1. The third-order valence-electron chi connectivity index (χ3n) is 4.13. The molecule has 1 amide bonds. The van der Waals surface area contributed by atoms with Crippen LogP contribution >= 0.6 is 0 Å². The largest absolute Gasteiger partial charge is 0.321 e. The number of carbonyl (C=O) groups excluding carboxylic acids is 1. The smallest absolute Gasteiger partial charge is 0.269 e. The fourth-order valence-corrected chi connectivity index (χ4v) is 2.34. The molecule has 0 aliphatic carbocycles. The highest BCUT2D eigenvalue weighted by Crippen LogP contribution is 2.21. The molecule has 1 N–H and O–H groups in total. The minimum absolute atomic E-state index is 0.0495. The van der Waals surface area contributed by atoms with E-state index in [4.69, 9.17) is 0 Å². The van der Waals surface area contributed by atoms with Gasteiger partial charge in [0, 0.05) is 17.8 Å². The SMILES string of the molecule is CC[C@@H](C)c1ccc(NC(=O)/C(C#N)=C/c2ccc([N+](=O)[O-])cc2)cc1. The summed E-state index contributed by atoms with van der Waals surface area (Å²) >= 11 is 0. The lowest BCUT2D eigenvalue weighted by Gasteiger charge is -2.10. The maximum absolute atomic E-state index is 12.3. The third kappa shape index (κ3) is 4.77. The molecule has 2 aromatic carbocycles. The molecule has 0 bridgehead atoms. The number of non-ortho nitro benzene ring substituents is 1. The number of hydrogen-bond donors (Lipinski definition) is 1. The molecule has 2 aromatic rings. The van der Waals surface area contributed by atoms with E-state index in [1.54, 1.807) is 12.1 Å². The van der Waals surface area contributed by atoms with Gasteiger partial charge in [-0.15, -0.1) is 0 Å². The van der Waals surface area contributed by atoms with Crippen molar-refractivity contribution in [1.29, 1.82) is 5.26 Å². The van der Waals surface area contributed by atoms with Crippen LogP contribution in [0.1, 0.15) is 37.3 Å². The maximum Gasteiger partial charge on any atom is 0.269 e. The summed E-state index contributed by atoms with van der Waals surface area (Å²) in [7, 11) is 0. The average Bonchev–Trinajstić information content (AvgIpc) is 2.66. The highest BCUT2D eigenvalue weighted by molar-refractivity contribution is 6.09. The highest BCUT2D eigenvalue weighted by Gasteiger charge is 2.11. The van der Waals surface area contributed by atoms with Crippen molar-refractivity contribution in [2.24, 2.45) is 0 Å². The normalized spacial score (nSPS) is 12.1. The van der Waals surface area contributed by atoms with Crippen molar-refractivity contribution in [2.75, 3.05) is 5.32 Å². The van der Waals surface area contributed by atoms with E-state index in [0.29, 0.717) is 17.2 Å². The summed E-state index contributed by atoms with van der Waals surface area (Å²) in [5.74, 6) is -0.0846. The number of carbonyl (C=O) groups is 1. The van der Waals surface area contributed by atoms with Gasteiger partial charge >= 0.3 is 0 Å². The van der Waals surface area contributed by atoms with E-state index in [9.17, 15) is 20.2 Å². The van der Waals surface area contributed by atoms with Crippen molar-refractivity contribution in [1.82, 2.24) is 0 Å². The third-order valence-corrected chi connectivity index (χ3v) is 4.13. The van der Waals surface area contributed by atoms with Gasteiger partial charge in [0.1, 0.15) is 11.6 Å². The predicted molar refractivity (Wildman–Crippen MR) is 100 cm³/mol. The molecule has 6 nitrogen and oxygen atoms in total. The van der Waals surface area contributed by atoms with Crippen LogP contribution in [0.4, 0.5) is 11.4 Å². The fraction of sp³-hybridized carbons (Fsp3) is 0.200. The van der Waals surface area contributed by atoms with Gasteiger partial charge in [-0.1, -0.05) is 26.0 Å². The van der Waals surface area contributed by atoms with Gasteiger partial charge in [0.05, 0.1) is 4.92 Å². The van der Waals surface area contributed by atoms with Gasteiger partial charge in [-0.2, -0.15) is 5.26 Å². The molecule has 0 fully saturated rings. The van der Waals surface area contributed by atoms with Gasteiger partial charge in [0.2, 0.25) is 0 Å². The molecule has 0 radical (unpaired) electrons. The molecule has 0 heterocycles. The van der Waals surface area contributed by atoms with Crippen molar-refractivity contribution in [2.45, 2.75) is 26.2 Å². The first-order chi connectivity index (χ1) is 12.4. The molecule has 132 valence electrons. The summed E-state index contributed by atoms with van der Waals surface area (Å²) in [4.78, 5) is 22.4. The fourth-order valence-electron chi connectivity index (χ4n) is 2.34. The van der Waals surface area contributed by atoms with Crippen LogP contribution in [0.15, 0.2) is 54.1 Å². The number of benzene rings is 2. The molecule has 0 unspecified atom stereocenters. The average molecular weight is 349 g/mol. The van der Waals surface area contributed by atoms with E-state index in [0.717, 1.165) is 6.42 Å². The summed E-state index contributed by atoms with van der Waals surface area (Å²) in [6.45, 7) is 4.25. The van der Waals surface area contributed by atoms with Crippen LogP contribution in [0.25, 0.3) is 6.08 Å². The van der Waals surface area contributed by atoms with Crippen LogP contribution in [0.3, 0.4) is 0 Å². The molecule has 0 aliphatic heterocycles. The molecule has 0 saturated carbocycles. The van der Waals surface area contributed by atoms with E-state index in [1.807, 2.05) is 18.2 Å². The maximum atomic E-state index is 12.3. The monoisotopic (exact) mass is 349 g/mol. The minimum Gasteiger partial charge on any atom is -0.321 e. The van der Waals surface area contributed by atoms with E-state index in [-0.39, 0.29) is 11.3 Å². The first-order valence-corrected chi connectivity index (χ1v) is 8.22. The number of hydrogen-bond acceptors (Lipinski definition) is 4. The Kier molecular flexibility index (Phi) is 6.23. The molecule has 0 saturated heterocycles. The van der Waals surface area contributed by atoms with Gasteiger partial charge < -0.3 is 5.32 Å². The van der Waals surface area contributed by atoms with Gasteiger partial charge in [-0.25, -0.2) is 0 Å². The predicted octanol–water partition coefficient (Wildman–Crippen LogP) is 4.65. The van der Waals surface area contributed by atoms with Crippen LogP contribution in [0.5, 0.6) is 0 Å². The Labute approximate surface area is 151 Å². The second kappa shape index (κ2) is 8.58. The second-order valence-electron chi connectivity index (χ2n) is 5.90. The van der Waals surface area contributed by atoms with Crippen LogP contribution in [0, 0.1) is 21.4 Å².